The van der Waals surface area contributed by atoms with Gasteiger partial charge in [0.2, 0.25) is 0 Å². The van der Waals surface area contributed by atoms with Gasteiger partial charge in [-0.25, -0.2) is 0 Å². The van der Waals surface area contributed by atoms with Gasteiger partial charge in [0.15, 0.2) is 0 Å². The van der Waals surface area contributed by atoms with E-state index in [2.05, 4.69) is 34.6 Å². The largest absolute Gasteiger partial charge is 0.462 e. The molecule has 4 aliphatic carbocycles. The van der Waals surface area contributed by atoms with Gasteiger partial charge in [0.25, 0.3) is 0 Å². The lowest BCUT2D eigenvalue weighted by atomic mass is 9.35. The standard InChI is InChI=1S/C36H62O6/c1-11-28(37)41-24-22-26-33(7)19-16-27(42-29(38)12-2)32(5,6)25(33)15-21-34(26,8)35(9)20-14-23(30(24)35)36(10,40)18-13-17-31(3,4)39/h23-27,30,39-40H,11-22H2,1-10H3/t23-,24+,25-,26+,27-,30-,33-,34+,35+,36+/m0/s1. The fraction of sp³-hybridized carbons (Fsp3) is 0.944. The SMILES string of the molecule is CCC(=O)O[C@H]1CC[C@]2(C)[C@H]3C[C@@H](OC(=O)CC)[C@@H]4[C@@H]([C@](C)(O)CCCC(C)(C)O)CC[C@@]4(C)[C@]3(C)CC[C@H]2C1(C)C. The Labute approximate surface area is 256 Å². The van der Waals surface area contributed by atoms with Crippen LogP contribution in [0.5, 0.6) is 0 Å². The molecule has 0 amide bonds. The highest BCUT2D eigenvalue weighted by molar-refractivity contribution is 5.69. The molecule has 0 aromatic rings. The molecule has 4 saturated carbocycles. The fourth-order valence-electron chi connectivity index (χ4n) is 11.3. The number of esters is 2. The summed E-state index contributed by atoms with van der Waals surface area (Å²) in [4.78, 5) is 25.3. The number of carbonyl (C=O) groups excluding carboxylic acids is 2. The Morgan fingerprint density at radius 2 is 1.38 bits per heavy atom. The van der Waals surface area contributed by atoms with Crippen molar-refractivity contribution in [2.75, 3.05) is 0 Å². The third-order valence-corrected chi connectivity index (χ3v) is 13.7. The number of ether oxygens (including phenoxy) is 2. The molecule has 0 aromatic carbocycles. The van der Waals surface area contributed by atoms with Gasteiger partial charge in [-0.3, -0.25) is 9.59 Å². The maximum absolute atomic E-state index is 12.9. The first-order valence-electron chi connectivity index (χ1n) is 17.1. The summed E-state index contributed by atoms with van der Waals surface area (Å²) < 4.78 is 12.4. The minimum atomic E-state index is -0.891. The monoisotopic (exact) mass is 590 g/mol. The Kier molecular flexibility index (Phi) is 9.11. The number of fused-ring (bicyclic) bond motifs is 5. The number of rotatable bonds is 9. The molecule has 4 fully saturated rings. The Balaban J connectivity index is 1.70. The summed E-state index contributed by atoms with van der Waals surface area (Å²) in [5.74, 6) is 0.677. The van der Waals surface area contributed by atoms with Crippen LogP contribution in [-0.2, 0) is 19.1 Å². The van der Waals surface area contributed by atoms with Gasteiger partial charge < -0.3 is 19.7 Å². The van der Waals surface area contributed by atoms with Crippen molar-refractivity contribution in [3.8, 4) is 0 Å². The maximum atomic E-state index is 12.9. The van der Waals surface area contributed by atoms with Crippen molar-refractivity contribution in [2.24, 2.45) is 45.3 Å². The van der Waals surface area contributed by atoms with Crippen LogP contribution < -0.4 is 0 Å². The van der Waals surface area contributed by atoms with Gasteiger partial charge in [-0.2, -0.15) is 0 Å². The minimum Gasteiger partial charge on any atom is -0.462 e. The van der Waals surface area contributed by atoms with Crippen molar-refractivity contribution in [2.45, 2.75) is 170 Å². The molecule has 0 spiro atoms. The van der Waals surface area contributed by atoms with Crippen LogP contribution in [0.3, 0.4) is 0 Å². The van der Waals surface area contributed by atoms with Crippen LogP contribution in [0.4, 0.5) is 0 Å². The molecule has 0 saturated heterocycles. The molecule has 6 nitrogen and oxygen atoms in total. The molecule has 0 unspecified atom stereocenters. The topological polar surface area (TPSA) is 93.1 Å². The van der Waals surface area contributed by atoms with Gasteiger partial charge in [0.05, 0.1) is 11.2 Å². The van der Waals surface area contributed by atoms with E-state index < -0.39 is 11.2 Å². The third-order valence-electron chi connectivity index (χ3n) is 13.7. The summed E-state index contributed by atoms with van der Waals surface area (Å²) in [6, 6.07) is 0. The number of carbonyl (C=O) groups is 2. The summed E-state index contributed by atoms with van der Waals surface area (Å²) in [5, 5.41) is 22.3. The maximum Gasteiger partial charge on any atom is 0.305 e. The summed E-state index contributed by atoms with van der Waals surface area (Å²) >= 11 is 0. The zero-order valence-electron chi connectivity index (χ0n) is 28.5. The molecule has 4 rings (SSSR count). The average Bonchev–Trinajstić information content (AvgIpc) is 3.26. The Hall–Kier alpha value is -1.14. The van der Waals surface area contributed by atoms with Gasteiger partial charge in [0, 0.05) is 24.2 Å². The van der Waals surface area contributed by atoms with Crippen molar-refractivity contribution in [1.29, 1.82) is 0 Å². The Bertz CT molecular complexity index is 1010. The minimum absolute atomic E-state index is 0.0444. The van der Waals surface area contributed by atoms with Gasteiger partial charge in [-0.05, 0) is 119 Å². The molecule has 10 atom stereocenters. The summed E-state index contributed by atoms with van der Waals surface area (Å²) in [6.07, 6.45) is 9.39. The molecule has 0 heterocycles. The molecule has 0 radical (unpaired) electrons. The second-order valence-electron chi connectivity index (χ2n) is 17.0. The zero-order valence-corrected chi connectivity index (χ0v) is 28.5. The third kappa shape index (κ3) is 5.59. The lowest BCUT2D eigenvalue weighted by molar-refractivity contribution is -0.253. The lowest BCUT2D eigenvalue weighted by Gasteiger charge is -2.70. The quantitative estimate of drug-likeness (QED) is 0.268. The van der Waals surface area contributed by atoms with E-state index in [-0.39, 0.29) is 57.6 Å². The lowest BCUT2D eigenvalue weighted by Crippen LogP contribution is -2.67. The number of hydrogen-bond donors (Lipinski definition) is 2. The predicted octanol–water partition coefficient (Wildman–Crippen LogP) is 7.62. The Morgan fingerprint density at radius 1 is 0.786 bits per heavy atom. The van der Waals surface area contributed by atoms with Crippen molar-refractivity contribution >= 4 is 11.9 Å². The first-order chi connectivity index (χ1) is 19.3. The van der Waals surface area contributed by atoms with Crippen molar-refractivity contribution in [3.63, 3.8) is 0 Å². The first kappa shape index (κ1) is 33.7. The molecule has 2 N–H and O–H groups in total. The van der Waals surface area contributed by atoms with E-state index >= 15 is 0 Å². The molecular formula is C36H62O6. The normalized spacial score (nSPS) is 42.5. The van der Waals surface area contributed by atoms with Gasteiger partial charge in [0.1, 0.15) is 12.2 Å². The summed E-state index contributed by atoms with van der Waals surface area (Å²) in [6.45, 7) is 21.5. The van der Waals surface area contributed by atoms with E-state index in [4.69, 9.17) is 9.47 Å². The van der Waals surface area contributed by atoms with E-state index in [0.29, 0.717) is 37.5 Å². The molecule has 6 heteroatoms. The summed E-state index contributed by atoms with van der Waals surface area (Å²) in [7, 11) is 0. The van der Waals surface area contributed by atoms with Crippen LogP contribution >= 0.6 is 0 Å². The molecule has 0 bridgehead atoms. The fourth-order valence-corrected chi connectivity index (χ4v) is 11.3. The van der Waals surface area contributed by atoms with Crippen molar-refractivity contribution in [3.05, 3.63) is 0 Å². The van der Waals surface area contributed by atoms with Crippen LogP contribution in [0.25, 0.3) is 0 Å². The highest BCUT2D eigenvalue weighted by Crippen LogP contribution is 2.76. The predicted molar refractivity (Wildman–Crippen MR) is 165 cm³/mol. The van der Waals surface area contributed by atoms with Crippen LogP contribution in [0.2, 0.25) is 0 Å². The Morgan fingerprint density at radius 3 is 1.98 bits per heavy atom. The van der Waals surface area contributed by atoms with Crippen LogP contribution in [0, 0.1) is 45.3 Å². The van der Waals surface area contributed by atoms with Gasteiger partial charge in [-0.1, -0.05) is 48.5 Å². The van der Waals surface area contributed by atoms with Gasteiger partial charge in [-0.15, -0.1) is 0 Å². The molecule has 0 aliphatic heterocycles. The molecule has 42 heavy (non-hydrogen) atoms. The van der Waals surface area contributed by atoms with E-state index in [1.54, 1.807) is 0 Å². The second kappa shape index (κ2) is 11.3. The molecular weight excluding hydrogens is 528 g/mol. The average molecular weight is 591 g/mol. The van der Waals surface area contributed by atoms with E-state index in [1.807, 2.05) is 34.6 Å². The van der Waals surface area contributed by atoms with Crippen LogP contribution in [-0.4, -0.2) is 45.6 Å². The highest BCUT2D eigenvalue weighted by Gasteiger charge is 2.72. The van der Waals surface area contributed by atoms with E-state index in [0.717, 1.165) is 51.4 Å². The second-order valence-corrected chi connectivity index (χ2v) is 17.0. The van der Waals surface area contributed by atoms with E-state index in [9.17, 15) is 19.8 Å². The zero-order chi connectivity index (χ0) is 31.5. The van der Waals surface area contributed by atoms with E-state index in [1.165, 1.54) is 0 Å². The highest BCUT2D eigenvalue weighted by atomic mass is 16.5. The van der Waals surface area contributed by atoms with Crippen molar-refractivity contribution in [1.82, 2.24) is 0 Å². The molecule has 242 valence electrons. The van der Waals surface area contributed by atoms with Crippen LogP contribution in [0.1, 0.15) is 146 Å². The molecule has 4 aliphatic rings. The molecule has 0 aromatic heterocycles. The van der Waals surface area contributed by atoms with Gasteiger partial charge >= 0.3 is 11.9 Å². The van der Waals surface area contributed by atoms with Crippen molar-refractivity contribution < 1.29 is 29.3 Å². The van der Waals surface area contributed by atoms with Crippen LogP contribution in [0.15, 0.2) is 0 Å². The number of aliphatic hydroxyl groups is 2. The first-order valence-corrected chi connectivity index (χ1v) is 17.1. The summed E-state index contributed by atoms with van der Waals surface area (Å²) in [5.41, 5.74) is -1.74. The smallest absolute Gasteiger partial charge is 0.305 e. The number of hydrogen-bond acceptors (Lipinski definition) is 6.